The zero-order chi connectivity index (χ0) is 96.7. The Balaban J connectivity index is 0.000000103. The van der Waals surface area contributed by atoms with Crippen LogP contribution in [0.2, 0.25) is 0 Å². The van der Waals surface area contributed by atoms with Gasteiger partial charge in [0.05, 0.1) is 134 Å². The van der Waals surface area contributed by atoms with Gasteiger partial charge in [0, 0.05) is 196 Å². The Kier molecular flexibility index (Phi) is 24.5. The third kappa shape index (κ3) is 18.5. The van der Waals surface area contributed by atoms with Crippen LogP contribution in [0.4, 0.5) is 31.5 Å². The van der Waals surface area contributed by atoms with Crippen molar-refractivity contribution in [2.45, 2.75) is 57.7 Å². The molecule has 33 nitrogen and oxygen atoms in total. The highest BCUT2D eigenvalue weighted by Gasteiger charge is 2.28. The van der Waals surface area contributed by atoms with Gasteiger partial charge in [-0.25, -0.2) is 28.7 Å². The Morgan fingerprint density at radius 2 is 0.688 bits per heavy atom. The molecule has 22 aromatic rings. The summed E-state index contributed by atoms with van der Waals surface area (Å²) in [6.45, 7) is 15.6. The topological polar surface area (TPSA) is 396 Å². The van der Waals surface area contributed by atoms with Gasteiger partial charge in [-0.3, -0.25) is 65.2 Å². The Morgan fingerprint density at radius 1 is 0.319 bits per heavy atom. The van der Waals surface area contributed by atoms with Gasteiger partial charge < -0.3 is 60.2 Å². The molecule has 0 bridgehead atoms. The van der Waals surface area contributed by atoms with E-state index < -0.39 is 0 Å². The van der Waals surface area contributed by atoms with Crippen LogP contribution in [-0.2, 0) is 13.1 Å². The molecule has 5 fully saturated rings. The Bertz CT molecular complexity index is 8450. The van der Waals surface area contributed by atoms with Crippen molar-refractivity contribution < 1.29 is 13.9 Å². The number of hydrogen-bond acceptors (Lipinski definition) is 25. The number of aromatic nitrogens is 24. The third-order valence-electron chi connectivity index (χ3n) is 27.6. The molecule has 16 aromatic heterocycles. The number of imidazole rings is 4. The van der Waals surface area contributed by atoms with Crippen molar-refractivity contribution >= 4 is 110 Å². The highest BCUT2D eigenvalue weighted by molar-refractivity contribution is 6.03. The van der Waals surface area contributed by atoms with Crippen molar-refractivity contribution in [1.82, 2.24) is 141 Å². The quantitative estimate of drug-likeness (QED) is 0.0380. The van der Waals surface area contributed by atoms with Gasteiger partial charge >= 0.3 is 0 Å². The number of rotatable bonds is 18. The van der Waals surface area contributed by atoms with Gasteiger partial charge in [-0.2, -0.15) is 20.4 Å². The summed E-state index contributed by atoms with van der Waals surface area (Å²) >= 11 is 0. The molecular formula is C109H102F2N32O. The lowest BCUT2D eigenvalue weighted by Crippen LogP contribution is -2.43. The fourth-order valence-corrected chi connectivity index (χ4v) is 20.1. The van der Waals surface area contributed by atoms with Crippen LogP contribution in [0.25, 0.3) is 201 Å². The summed E-state index contributed by atoms with van der Waals surface area (Å²) in [4.78, 5) is 82.9. The number of nitrogens with one attached hydrogen (secondary N) is 10. The fraction of sp³-hybridized carbons (Fsp3) is 0.229. The zero-order valence-electron chi connectivity index (χ0n) is 79.3. The average molecular weight is 1910 g/mol. The van der Waals surface area contributed by atoms with Gasteiger partial charge in [0.1, 0.15) is 45.4 Å². The molecule has 11 N–H and O–H groups in total. The number of piperidine rings is 2. The zero-order valence-corrected chi connectivity index (χ0v) is 79.3. The van der Waals surface area contributed by atoms with Crippen molar-refractivity contribution in [3.05, 3.63) is 268 Å². The Hall–Kier alpha value is -16.9. The summed E-state index contributed by atoms with van der Waals surface area (Å²) in [5, 5.41) is 51.6. The molecule has 0 radical (unpaired) electrons. The Labute approximate surface area is 824 Å². The molecule has 0 atom stereocenters. The molecule has 21 heterocycles. The normalized spacial score (nSPS) is 14.9. The highest BCUT2D eigenvalue weighted by Crippen LogP contribution is 2.41. The molecule has 5 aliphatic heterocycles. The van der Waals surface area contributed by atoms with Crippen LogP contribution in [0.15, 0.2) is 245 Å². The average Bonchev–Trinajstić information content (AvgIpc) is 1.62. The Morgan fingerprint density at radius 3 is 1.09 bits per heavy atom. The lowest BCUT2D eigenvalue weighted by Gasteiger charge is -2.31. The number of likely N-dealkylation sites (tertiary alicyclic amines) is 1. The standard InChI is InChI=1S/C29H24FN7O.C29H24FN7.C26H27N9.C25H27N9/c30-20-3-1-2-18(10-20)24-15-32-16-26-27(24)34-29(33-26)28-23-12-17(4-5-25(23)35-36-28)19-11-21(14-31-13-19)37-8-6-22(38)7-9-37;30-21-6-4-5-19(11-21)24-16-32-17-26-27(24)34-29(33-26)28-23-13-18(7-8-25(23)35-36-28)20-12-22(15-31-14-20)37-9-2-1-3-10-37;1-6-34(7-1)16-17-10-19(13-28-12-17)18-2-3-21-20(11-18)24(33-32-21)26-30-22-14-29-15-23(25(22)31-26)35-8-4-27-5-9-35;1-33(2)15-16-9-18(12-27-11-16)17-3-4-20-19(10-17)23(32-31-20)25-29-21-13-28-14-22(24(21)30-25)34-7-5-26-6-8-34/h1-5,10-16,22,38H,6-9H2,(H,33,34)(H,35,36);4-8,11-17H,1-3,9-10H2,(H,33,34)(H,35,36);2-3,10-15,27H,1,4-9,16H2,(H,30,31)(H,32,33);3-4,9-14,26H,5-8,15H2,1-2H3,(H,29,30)(H,31,32). The predicted octanol–water partition coefficient (Wildman–Crippen LogP) is 17.9. The molecule has 6 aromatic carbocycles. The second-order valence-corrected chi connectivity index (χ2v) is 37.6. The van der Waals surface area contributed by atoms with Crippen molar-refractivity contribution in [1.29, 1.82) is 0 Å². The summed E-state index contributed by atoms with van der Waals surface area (Å²) in [5.41, 5.74) is 31.8. The third-order valence-corrected chi connectivity index (χ3v) is 27.6. The monoisotopic (exact) mass is 1910 g/mol. The van der Waals surface area contributed by atoms with Crippen LogP contribution in [0.1, 0.15) is 49.7 Å². The molecule has 35 heteroatoms. The molecule has 0 amide bonds. The molecule has 5 saturated heterocycles. The number of nitrogens with zero attached hydrogens (tertiary/aromatic N) is 22. The number of piperazine rings is 2. The number of fused-ring (bicyclic) bond motifs is 8. The van der Waals surface area contributed by atoms with Gasteiger partial charge in [-0.05, 0) is 207 Å². The lowest BCUT2D eigenvalue weighted by atomic mass is 10.0. The van der Waals surface area contributed by atoms with Crippen LogP contribution < -0.4 is 30.2 Å². The summed E-state index contributed by atoms with van der Waals surface area (Å²) < 4.78 is 27.8. The first-order valence-electron chi connectivity index (χ1n) is 48.9. The summed E-state index contributed by atoms with van der Waals surface area (Å²) in [5.74, 6) is 2.12. The number of pyridine rings is 8. The van der Waals surface area contributed by atoms with E-state index in [2.05, 4.69) is 240 Å². The lowest BCUT2D eigenvalue weighted by molar-refractivity contribution is 0.145. The van der Waals surface area contributed by atoms with Crippen molar-refractivity contribution in [2.24, 2.45) is 0 Å². The number of aliphatic hydroxyl groups is 1. The van der Waals surface area contributed by atoms with Crippen LogP contribution in [0, 0.1) is 11.6 Å². The van der Waals surface area contributed by atoms with E-state index in [0.717, 1.165) is 294 Å². The number of aliphatic hydroxyl groups excluding tert-OH is 1. The van der Waals surface area contributed by atoms with E-state index in [9.17, 15) is 13.9 Å². The van der Waals surface area contributed by atoms with Crippen molar-refractivity contribution in [3.8, 4) is 113 Å². The van der Waals surface area contributed by atoms with Crippen LogP contribution in [0.3, 0.4) is 0 Å². The minimum atomic E-state index is -0.308. The minimum Gasteiger partial charge on any atom is -0.393 e. The molecule has 0 unspecified atom stereocenters. The number of hydrogen-bond donors (Lipinski definition) is 11. The van der Waals surface area contributed by atoms with Crippen LogP contribution in [-0.4, -0.2) is 247 Å². The molecular weight excluding hydrogens is 1810 g/mol. The second kappa shape index (κ2) is 39.3. The number of H-pyrrole nitrogens is 8. The van der Waals surface area contributed by atoms with Gasteiger partial charge in [-0.1, -0.05) is 48.5 Å². The van der Waals surface area contributed by atoms with Crippen LogP contribution in [0.5, 0.6) is 0 Å². The maximum absolute atomic E-state index is 13.9. The summed E-state index contributed by atoms with van der Waals surface area (Å²) in [6.07, 6.45) is 36.1. The predicted molar refractivity (Wildman–Crippen MR) is 561 cm³/mol. The van der Waals surface area contributed by atoms with E-state index in [0.29, 0.717) is 28.4 Å². The molecule has 144 heavy (non-hydrogen) atoms. The van der Waals surface area contributed by atoms with Gasteiger partial charge in [0.15, 0.2) is 23.3 Å². The first-order valence-corrected chi connectivity index (χ1v) is 48.9. The molecule has 5 aliphatic rings. The SMILES string of the molecule is CN(C)Cc1cncc(-c2ccc3[nH]nc(-c4nc5c(N6CCNCC6)cncc5[nH]4)c3c2)c1.Fc1cccc(-c2cncc3[nH]c(-c4n[nH]c5ccc(-c6cncc(N7CCCCC7)c6)cc45)nc23)c1.OC1CCN(c2cncc(-c3ccc4[nH]nc(-c5nc6c(-c7cccc(F)c7)cncc6[nH]5)c4c3)c2)CC1.c1ncc(-c2ccc3[nH]nc(-c4nc5c(N6CCNCC6)cncc5[nH]4)c3c2)cc1CN1CCC1. The number of anilines is 4. The first kappa shape index (κ1) is 89.7. The summed E-state index contributed by atoms with van der Waals surface area (Å²) in [6, 6.07) is 46.8. The summed E-state index contributed by atoms with van der Waals surface area (Å²) in [7, 11) is 4.12. The number of aromatic amines is 8. The first-order chi connectivity index (χ1) is 70.8. The molecule has 718 valence electrons. The van der Waals surface area contributed by atoms with Crippen molar-refractivity contribution in [2.75, 3.05) is 125 Å². The maximum atomic E-state index is 13.9. The molecule has 0 saturated carbocycles. The van der Waals surface area contributed by atoms with E-state index >= 15 is 0 Å². The fourth-order valence-electron chi connectivity index (χ4n) is 20.1. The molecule has 27 rings (SSSR count). The van der Waals surface area contributed by atoms with E-state index in [1.54, 1.807) is 36.9 Å². The van der Waals surface area contributed by atoms with Gasteiger partial charge in [-0.15, -0.1) is 0 Å². The van der Waals surface area contributed by atoms with E-state index in [1.807, 2.05) is 98.6 Å². The van der Waals surface area contributed by atoms with E-state index in [4.69, 9.17) is 19.9 Å². The van der Waals surface area contributed by atoms with Crippen molar-refractivity contribution in [3.63, 3.8) is 0 Å². The number of benzene rings is 6. The number of halogens is 2. The van der Waals surface area contributed by atoms with Gasteiger partial charge in [0.2, 0.25) is 0 Å². The van der Waals surface area contributed by atoms with Gasteiger partial charge in [0.25, 0.3) is 0 Å². The second-order valence-electron chi connectivity index (χ2n) is 37.6. The highest BCUT2D eigenvalue weighted by atomic mass is 19.1. The molecule has 0 aliphatic carbocycles. The van der Waals surface area contributed by atoms with E-state index in [1.165, 1.54) is 79.9 Å². The minimum absolute atomic E-state index is 0.219. The largest absolute Gasteiger partial charge is 0.393 e. The molecule has 0 spiro atoms. The van der Waals surface area contributed by atoms with E-state index in [-0.39, 0.29) is 17.7 Å². The van der Waals surface area contributed by atoms with Crippen LogP contribution >= 0.6 is 0 Å². The smallest absolute Gasteiger partial charge is 0.159 e. The maximum Gasteiger partial charge on any atom is 0.159 e.